The zero-order valence-electron chi connectivity index (χ0n) is 17.6. The Labute approximate surface area is 177 Å². The number of fused-ring (bicyclic) bond motifs is 1. The average Bonchev–Trinajstić information content (AvgIpc) is 2.77. The van der Waals surface area contributed by atoms with E-state index in [0.29, 0.717) is 23.8 Å². The molecule has 0 radical (unpaired) electrons. The maximum atomic E-state index is 12.4. The predicted octanol–water partition coefficient (Wildman–Crippen LogP) is 4.71. The van der Waals surface area contributed by atoms with Gasteiger partial charge in [0.15, 0.2) is 11.5 Å². The first-order valence-electron chi connectivity index (χ1n) is 10.1. The van der Waals surface area contributed by atoms with Gasteiger partial charge in [0.25, 0.3) is 0 Å². The van der Waals surface area contributed by atoms with E-state index < -0.39 is 0 Å². The molecule has 1 unspecified atom stereocenters. The zero-order valence-corrected chi connectivity index (χ0v) is 17.6. The average molecular weight is 405 g/mol. The molecule has 0 bridgehead atoms. The quantitative estimate of drug-likeness (QED) is 0.412. The lowest BCUT2D eigenvalue weighted by Crippen LogP contribution is -2.24. The molecule has 2 aromatic carbocycles. The summed E-state index contributed by atoms with van der Waals surface area (Å²) >= 11 is 0. The number of rotatable bonds is 9. The number of methoxy groups -OCH3 is 1. The molecule has 0 spiro atoms. The van der Waals surface area contributed by atoms with Crippen LogP contribution in [-0.4, -0.2) is 29.6 Å². The Morgan fingerprint density at radius 2 is 1.97 bits per heavy atom. The first kappa shape index (κ1) is 21.3. The van der Waals surface area contributed by atoms with Crippen molar-refractivity contribution >= 4 is 23.0 Å². The molecule has 1 N–H and O–H groups in total. The molecule has 30 heavy (non-hydrogen) atoms. The van der Waals surface area contributed by atoms with Crippen molar-refractivity contribution in [3.05, 3.63) is 66.0 Å². The monoisotopic (exact) mass is 405 g/mol. The van der Waals surface area contributed by atoms with Gasteiger partial charge >= 0.3 is 0 Å². The van der Waals surface area contributed by atoms with Crippen LogP contribution in [0.15, 0.2) is 54.7 Å². The Kier molecular flexibility index (Phi) is 7.38. The largest absolute Gasteiger partial charge is 0.493 e. The second-order valence-electron chi connectivity index (χ2n) is 6.96. The number of carbonyl (C=O) groups excluding carboxylic acids is 1. The lowest BCUT2D eigenvalue weighted by atomic mass is 10.1. The third kappa shape index (κ3) is 5.56. The van der Waals surface area contributed by atoms with E-state index in [-0.39, 0.29) is 11.9 Å². The number of hydrogen-bond acceptors (Lipinski definition) is 5. The number of aromatic nitrogens is 2. The molecule has 0 fully saturated rings. The van der Waals surface area contributed by atoms with Crippen LogP contribution in [0.1, 0.15) is 44.0 Å². The third-order valence-electron chi connectivity index (χ3n) is 4.67. The number of para-hydroxylation sites is 2. The summed E-state index contributed by atoms with van der Waals surface area (Å²) in [6.45, 7) is 4.70. The van der Waals surface area contributed by atoms with Gasteiger partial charge in [0.2, 0.25) is 5.91 Å². The van der Waals surface area contributed by atoms with Crippen LogP contribution < -0.4 is 14.8 Å². The van der Waals surface area contributed by atoms with Gasteiger partial charge in [-0.2, -0.15) is 0 Å². The standard InChI is InChI=1S/C24H27N3O3/c1-4-5-14-30-22-12-10-18(15-23(22)29-3)17(2)26-24(28)13-11-19-16-25-20-8-6-7-9-21(20)27-19/h6-13,15-17H,4-5,14H2,1-3H3,(H,26,28)/b13-11+. The molecule has 1 heterocycles. The van der Waals surface area contributed by atoms with E-state index in [1.807, 2.05) is 49.4 Å². The topological polar surface area (TPSA) is 73.3 Å². The van der Waals surface area contributed by atoms with Crippen molar-refractivity contribution < 1.29 is 14.3 Å². The van der Waals surface area contributed by atoms with E-state index in [2.05, 4.69) is 22.2 Å². The van der Waals surface area contributed by atoms with Gasteiger partial charge < -0.3 is 14.8 Å². The predicted molar refractivity (Wildman–Crippen MR) is 119 cm³/mol. The van der Waals surface area contributed by atoms with Gasteiger partial charge in [-0.1, -0.05) is 31.5 Å². The summed E-state index contributed by atoms with van der Waals surface area (Å²) in [6.07, 6.45) is 6.84. The van der Waals surface area contributed by atoms with Crippen molar-refractivity contribution in [1.29, 1.82) is 0 Å². The first-order valence-corrected chi connectivity index (χ1v) is 10.1. The van der Waals surface area contributed by atoms with Gasteiger partial charge in [0.1, 0.15) is 0 Å². The van der Waals surface area contributed by atoms with E-state index in [0.717, 1.165) is 29.4 Å². The van der Waals surface area contributed by atoms with E-state index in [9.17, 15) is 4.79 Å². The Morgan fingerprint density at radius 1 is 1.17 bits per heavy atom. The fraction of sp³-hybridized carbons (Fsp3) is 0.292. The third-order valence-corrected chi connectivity index (χ3v) is 4.67. The molecule has 6 heteroatoms. The number of ether oxygens (including phenoxy) is 2. The van der Waals surface area contributed by atoms with Crippen molar-refractivity contribution in [1.82, 2.24) is 15.3 Å². The molecular weight excluding hydrogens is 378 g/mol. The number of carbonyl (C=O) groups is 1. The summed E-state index contributed by atoms with van der Waals surface area (Å²) in [4.78, 5) is 21.2. The molecule has 0 saturated heterocycles. The highest BCUT2D eigenvalue weighted by Gasteiger charge is 2.12. The van der Waals surface area contributed by atoms with Gasteiger partial charge in [-0.15, -0.1) is 0 Å². The number of hydrogen-bond donors (Lipinski definition) is 1. The lowest BCUT2D eigenvalue weighted by molar-refractivity contribution is -0.117. The smallest absolute Gasteiger partial charge is 0.244 e. The molecule has 1 atom stereocenters. The molecule has 1 amide bonds. The first-order chi connectivity index (χ1) is 14.6. The lowest BCUT2D eigenvalue weighted by Gasteiger charge is -2.16. The summed E-state index contributed by atoms with van der Waals surface area (Å²) < 4.78 is 11.2. The van der Waals surface area contributed by atoms with Crippen LogP contribution in [0.5, 0.6) is 11.5 Å². The second-order valence-corrected chi connectivity index (χ2v) is 6.96. The van der Waals surface area contributed by atoms with E-state index >= 15 is 0 Å². The van der Waals surface area contributed by atoms with Crippen LogP contribution in [-0.2, 0) is 4.79 Å². The summed E-state index contributed by atoms with van der Waals surface area (Å²) in [5.41, 5.74) is 3.18. The van der Waals surface area contributed by atoms with E-state index in [1.165, 1.54) is 6.08 Å². The minimum absolute atomic E-state index is 0.191. The molecule has 156 valence electrons. The Balaban J connectivity index is 1.63. The van der Waals surface area contributed by atoms with Crippen molar-refractivity contribution in [2.75, 3.05) is 13.7 Å². The Bertz CT molecular complexity index is 1030. The normalized spacial score (nSPS) is 12.1. The molecule has 3 aromatic rings. The fourth-order valence-electron chi connectivity index (χ4n) is 2.96. The van der Waals surface area contributed by atoms with Gasteiger partial charge in [0.05, 0.1) is 42.7 Å². The number of nitrogens with one attached hydrogen (secondary N) is 1. The van der Waals surface area contributed by atoms with Crippen molar-refractivity contribution in [3.63, 3.8) is 0 Å². The molecular formula is C24H27N3O3. The number of nitrogens with zero attached hydrogens (tertiary/aromatic N) is 2. The minimum Gasteiger partial charge on any atom is -0.493 e. The van der Waals surface area contributed by atoms with Gasteiger partial charge in [0, 0.05) is 6.08 Å². The molecule has 0 aliphatic carbocycles. The fourth-order valence-corrected chi connectivity index (χ4v) is 2.96. The van der Waals surface area contributed by atoms with Crippen LogP contribution in [0.2, 0.25) is 0 Å². The van der Waals surface area contributed by atoms with E-state index in [4.69, 9.17) is 9.47 Å². The number of unbranched alkanes of at least 4 members (excludes halogenated alkanes) is 1. The minimum atomic E-state index is -0.209. The van der Waals surface area contributed by atoms with Gasteiger partial charge in [-0.05, 0) is 49.2 Å². The van der Waals surface area contributed by atoms with Crippen molar-refractivity contribution in [2.45, 2.75) is 32.7 Å². The number of amides is 1. The maximum Gasteiger partial charge on any atom is 0.244 e. The van der Waals surface area contributed by atoms with Crippen molar-refractivity contribution in [3.8, 4) is 11.5 Å². The van der Waals surface area contributed by atoms with Gasteiger partial charge in [-0.3, -0.25) is 9.78 Å². The van der Waals surface area contributed by atoms with Crippen LogP contribution in [0.25, 0.3) is 17.1 Å². The summed E-state index contributed by atoms with van der Waals surface area (Å²) in [7, 11) is 1.61. The zero-order chi connectivity index (χ0) is 21.3. The maximum absolute atomic E-state index is 12.4. The van der Waals surface area contributed by atoms with Crippen LogP contribution >= 0.6 is 0 Å². The second kappa shape index (κ2) is 10.4. The van der Waals surface area contributed by atoms with Crippen molar-refractivity contribution in [2.24, 2.45) is 0 Å². The summed E-state index contributed by atoms with van der Waals surface area (Å²) in [6, 6.07) is 13.1. The molecule has 0 aliphatic rings. The summed E-state index contributed by atoms with van der Waals surface area (Å²) in [5.74, 6) is 1.16. The SMILES string of the molecule is CCCCOc1ccc(C(C)NC(=O)/C=C/c2cnc3ccccc3n2)cc1OC. The van der Waals surface area contributed by atoms with Crippen LogP contribution in [0.3, 0.4) is 0 Å². The van der Waals surface area contributed by atoms with Crippen LogP contribution in [0, 0.1) is 0 Å². The highest BCUT2D eigenvalue weighted by molar-refractivity contribution is 5.92. The van der Waals surface area contributed by atoms with Gasteiger partial charge in [-0.25, -0.2) is 4.98 Å². The Morgan fingerprint density at radius 3 is 2.73 bits per heavy atom. The highest BCUT2D eigenvalue weighted by atomic mass is 16.5. The molecule has 6 nitrogen and oxygen atoms in total. The molecule has 0 saturated carbocycles. The number of benzene rings is 2. The Hall–Kier alpha value is -3.41. The highest BCUT2D eigenvalue weighted by Crippen LogP contribution is 2.30. The van der Waals surface area contributed by atoms with E-state index in [1.54, 1.807) is 19.4 Å². The summed E-state index contributed by atoms with van der Waals surface area (Å²) in [5, 5.41) is 2.96. The van der Waals surface area contributed by atoms with Crippen LogP contribution in [0.4, 0.5) is 0 Å². The molecule has 3 rings (SSSR count). The molecule has 1 aromatic heterocycles. The molecule has 0 aliphatic heterocycles.